The number of benzene rings is 1. The van der Waals surface area contributed by atoms with E-state index in [1.54, 1.807) is 0 Å². The molecule has 2 rings (SSSR count). The Bertz CT molecular complexity index is 579. The van der Waals surface area contributed by atoms with E-state index in [-0.39, 0.29) is 24.1 Å². The van der Waals surface area contributed by atoms with Crippen LogP contribution < -0.4 is 0 Å². The topological polar surface area (TPSA) is 55.8 Å². The molecular weight excluding hydrogens is 318 g/mol. The van der Waals surface area contributed by atoms with E-state index >= 15 is 0 Å². The first-order valence-corrected chi connectivity index (χ1v) is 8.90. The molecule has 0 spiro atoms. The van der Waals surface area contributed by atoms with Crippen molar-refractivity contribution in [2.75, 3.05) is 6.54 Å². The summed E-state index contributed by atoms with van der Waals surface area (Å²) in [5, 5.41) is 0. The van der Waals surface area contributed by atoms with Crippen LogP contribution in [-0.4, -0.2) is 41.1 Å². The average Bonchev–Trinajstić information content (AvgIpc) is 2.48. The highest BCUT2D eigenvalue weighted by molar-refractivity contribution is 5.70. The fraction of sp³-hybridized carbons (Fsp3) is 0.600. The zero-order valence-electron chi connectivity index (χ0n) is 15.7. The maximum Gasteiger partial charge on any atom is 0.307 e. The first kappa shape index (κ1) is 19.4. The number of ether oxygens (including phenoxy) is 2. The van der Waals surface area contributed by atoms with Crippen molar-refractivity contribution in [3.8, 4) is 0 Å². The van der Waals surface area contributed by atoms with E-state index in [0.29, 0.717) is 13.0 Å². The minimum absolute atomic E-state index is 0.0989. The summed E-state index contributed by atoms with van der Waals surface area (Å²) in [6.45, 7) is 8.45. The minimum Gasteiger partial charge on any atom is -0.461 e. The highest BCUT2D eigenvalue weighted by Gasteiger charge is 2.32. The molecule has 0 aliphatic carbocycles. The number of rotatable bonds is 5. The molecule has 0 amide bonds. The van der Waals surface area contributed by atoms with Gasteiger partial charge in [-0.2, -0.15) is 0 Å². The summed E-state index contributed by atoms with van der Waals surface area (Å²) in [5.74, 6) is -0.434. The summed E-state index contributed by atoms with van der Waals surface area (Å²) in [6, 6.07) is 10.2. The number of piperidine rings is 1. The quantitative estimate of drug-likeness (QED) is 0.765. The van der Waals surface area contributed by atoms with Crippen molar-refractivity contribution in [2.45, 2.75) is 71.2 Å². The molecule has 0 saturated carbocycles. The van der Waals surface area contributed by atoms with Gasteiger partial charge in [-0.1, -0.05) is 30.3 Å². The van der Waals surface area contributed by atoms with Gasteiger partial charge >= 0.3 is 11.9 Å². The molecule has 0 aromatic heterocycles. The lowest BCUT2D eigenvalue weighted by molar-refractivity contribution is -0.159. The second-order valence-electron chi connectivity index (χ2n) is 7.67. The second-order valence-corrected chi connectivity index (χ2v) is 7.67. The van der Waals surface area contributed by atoms with Crippen LogP contribution in [0, 0.1) is 0 Å². The van der Waals surface area contributed by atoms with Gasteiger partial charge < -0.3 is 9.47 Å². The van der Waals surface area contributed by atoms with Crippen molar-refractivity contribution in [3.63, 3.8) is 0 Å². The molecule has 1 heterocycles. The predicted octanol–water partition coefficient (Wildman–Crippen LogP) is 3.31. The fourth-order valence-corrected chi connectivity index (χ4v) is 3.21. The molecule has 1 aromatic carbocycles. The summed E-state index contributed by atoms with van der Waals surface area (Å²) < 4.78 is 10.9. The zero-order valence-corrected chi connectivity index (χ0v) is 15.7. The van der Waals surface area contributed by atoms with Gasteiger partial charge in [0.05, 0.1) is 6.42 Å². The molecule has 1 aliphatic rings. The molecule has 25 heavy (non-hydrogen) atoms. The van der Waals surface area contributed by atoms with Gasteiger partial charge in [0, 0.05) is 26.1 Å². The van der Waals surface area contributed by atoms with Gasteiger partial charge in [0.25, 0.3) is 0 Å². The molecule has 5 heteroatoms. The highest BCUT2D eigenvalue weighted by atomic mass is 16.6. The Morgan fingerprint density at radius 2 is 1.84 bits per heavy atom. The van der Waals surface area contributed by atoms with Gasteiger partial charge in [0.1, 0.15) is 11.7 Å². The van der Waals surface area contributed by atoms with Crippen LogP contribution in [0.4, 0.5) is 0 Å². The number of carbonyl (C=O) groups is 2. The highest BCUT2D eigenvalue weighted by Crippen LogP contribution is 2.25. The van der Waals surface area contributed by atoms with Crippen molar-refractivity contribution in [1.29, 1.82) is 0 Å². The Morgan fingerprint density at radius 3 is 2.44 bits per heavy atom. The van der Waals surface area contributed by atoms with E-state index < -0.39 is 5.60 Å². The van der Waals surface area contributed by atoms with Crippen molar-refractivity contribution >= 4 is 11.9 Å². The molecule has 138 valence electrons. The van der Waals surface area contributed by atoms with E-state index in [2.05, 4.69) is 17.0 Å². The summed E-state index contributed by atoms with van der Waals surface area (Å²) in [4.78, 5) is 25.8. The van der Waals surface area contributed by atoms with Gasteiger partial charge in [0.15, 0.2) is 0 Å². The normalized spacial score (nSPS) is 21.6. The molecule has 1 fully saturated rings. The van der Waals surface area contributed by atoms with Crippen molar-refractivity contribution < 1.29 is 19.1 Å². The third kappa shape index (κ3) is 6.86. The maximum atomic E-state index is 12.2. The lowest BCUT2D eigenvalue weighted by atomic mass is 9.96. The summed E-state index contributed by atoms with van der Waals surface area (Å²) in [7, 11) is 0. The molecule has 1 aliphatic heterocycles. The van der Waals surface area contributed by atoms with Crippen LogP contribution in [0.5, 0.6) is 0 Å². The molecular formula is C20H29NO4. The molecule has 0 bridgehead atoms. The molecule has 1 aromatic rings. The van der Waals surface area contributed by atoms with Crippen LogP contribution in [0.25, 0.3) is 0 Å². The van der Waals surface area contributed by atoms with Crippen LogP contribution >= 0.6 is 0 Å². The Kier molecular flexibility index (Phi) is 6.59. The number of hydrogen-bond acceptors (Lipinski definition) is 5. The van der Waals surface area contributed by atoms with Crippen LogP contribution in [0.3, 0.4) is 0 Å². The van der Waals surface area contributed by atoms with E-state index in [1.807, 2.05) is 39.0 Å². The lowest BCUT2D eigenvalue weighted by Gasteiger charge is -2.39. The smallest absolute Gasteiger partial charge is 0.307 e. The third-order valence-electron chi connectivity index (χ3n) is 4.16. The number of carbonyl (C=O) groups excluding carboxylic acids is 2. The van der Waals surface area contributed by atoms with Gasteiger partial charge in [-0.15, -0.1) is 0 Å². The molecule has 2 atom stereocenters. The number of likely N-dealkylation sites (tertiary alicyclic amines) is 1. The van der Waals surface area contributed by atoms with Gasteiger partial charge in [-0.25, -0.2) is 0 Å². The van der Waals surface area contributed by atoms with Crippen molar-refractivity contribution in [1.82, 2.24) is 4.90 Å². The largest absolute Gasteiger partial charge is 0.461 e. The Morgan fingerprint density at radius 1 is 1.16 bits per heavy atom. The lowest BCUT2D eigenvalue weighted by Crippen LogP contribution is -2.47. The van der Waals surface area contributed by atoms with Gasteiger partial charge in [-0.3, -0.25) is 14.5 Å². The molecule has 0 radical (unpaired) electrons. The van der Waals surface area contributed by atoms with E-state index in [4.69, 9.17) is 9.47 Å². The SMILES string of the molecule is CC(=O)O[C@H]1CC[C@H](CC(=O)OC(C)(C)C)N(Cc2ccccc2)C1. The molecule has 5 nitrogen and oxygen atoms in total. The van der Waals surface area contributed by atoms with Crippen molar-refractivity contribution in [2.24, 2.45) is 0 Å². The van der Waals surface area contributed by atoms with Crippen LogP contribution in [0.15, 0.2) is 30.3 Å². The Balaban J connectivity index is 2.04. The maximum absolute atomic E-state index is 12.2. The summed E-state index contributed by atoms with van der Waals surface area (Å²) in [5.41, 5.74) is 0.705. The standard InChI is InChI=1S/C20H29NO4/c1-15(22)24-18-11-10-17(12-19(23)25-20(2,3)4)21(14-18)13-16-8-6-5-7-9-16/h5-9,17-18H,10-14H2,1-4H3/t17-,18+/m1/s1. The summed E-state index contributed by atoms with van der Waals surface area (Å²) in [6.07, 6.45) is 1.83. The first-order valence-electron chi connectivity index (χ1n) is 8.90. The first-order chi connectivity index (χ1) is 11.7. The van der Waals surface area contributed by atoms with Crippen LogP contribution in [0.1, 0.15) is 52.5 Å². The number of nitrogens with zero attached hydrogens (tertiary/aromatic N) is 1. The Labute approximate surface area is 150 Å². The van der Waals surface area contributed by atoms with Crippen LogP contribution in [0.2, 0.25) is 0 Å². The minimum atomic E-state index is -0.476. The molecule has 0 N–H and O–H groups in total. The van der Waals surface area contributed by atoms with Gasteiger partial charge in [-0.05, 0) is 39.2 Å². The average molecular weight is 347 g/mol. The van der Waals surface area contributed by atoms with E-state index in [0.717, 1.165) is 19.4 Å². The fourth-order valence-electron chi connectivity index (χ4n) is 3.21. The van der Waals surface area contributed by atoms with Crippen LogP contribution in [-0.2, 0) is 25.6 Å². The van der Waals surface area contributed by atoms with E-state index in [9.17, 15) is 9.59 Å². The molecule has 0 unspecified atom stereocenters. The third-order valence-corrected chi connectivity index (χ3v) is 4.16. The molecule has 1 saturated heterocycles. The second kappa shape index (κ2) is 8.48. The monoisotopic (exact) mass is 347 g/mol. The van der Waals surface area contributed by atoms with Gasteiger partial charge in [0.2, 0.25) is 0 Å². The zero-order chi connectivity index (χ0) is 18.4. The summed E-state index contributed by atoms with van der Waals surface area (Å²) >= 11 is 0. The van der Waals surface area contributed by atoms with E-state index in [1.165, 1.54) is 12.5 Å². The predicted molar refractivity (Wildman–Crippen MR) is 95.9 cm³/mol. The van der Waals surface area contributed by atoms with Crippen molar-refractivity contribution in [3.05, 3.63) is 35.9 Å². The Hall–Kier alpha value is -1.88. The number of esters is 2. The number of hydrogen-bond donors (Lipinski definition) is 0.